The second-order valence-corrected chi connectivity index (χ2v) is 3.89. The van der Waals surface area contributed by atoms with Gasteiger partial charge in [0.05, 0.1) is 0 Å². The Morgan fingerprint density at radius 3 is 1.83 bits per heavy atom. The Kier molecular flexibility index (Phi) is 11.6. The molecule has 0 aliphatic heterocycles. The predicted molar refractivity (Wildman–Crippen MR) is 71.4 cm³/mol. The highest BCUT2D eigenvalue weighted by atomic mass is 16.6. The van der Waals surface area contributed by atoms with Crippen LogP contribution in [0.3, 0.4) is 0 Å². The van der Waals surface area contributed by atoms with Crippen molar-refractivity contribution in [3.8, 4) is 5.75 Å². The van der Waals surface area contributed by atoms with Crippen molar-refractivity contribution in [1.82, 2.24) is 0 Å². The molecule has 0 bridgehead atoms. The smallest absolute Gasteiger partial charge is 0.194 e. The fourth-order valence-electron chi connectivity index (χ4n) is 1.27. The van der Waals surface area contributed by atoms with Crippen molar-refractivity contribution in [3.05, 3.63) is 30.3 Å². The maximum absolute atomic E-state index is 8.78. The molecule has 104 valence electrons. The largest absolute Gasteiger partial charge is 0.465 e. The molecule has 1 aromatic rings. The first-order valence-corrected chi connectivity index (χ1v) is 6.32. The summed E-state index contributed by atoms with van der Waals surface area (Å²) >= 11 is 0. The van der Waals surface area contributed by atoms with Gasteiger partial charge in [-0.05, 0) is 31.9 Å². The van der Waals surface area contributed by atoms with Gasteiger partial charge in [-0.1, -0.05) is 31.0 Å². The summed E-state index contributed by atoms with van der Waals surface area (Å²) in [5.41, 5.74) is 0. The Balaban J connectivity index is 0.000000331. The van der Waals surface area contributed by atoms with E-state index in [-0.39, 0.29) is 13.2 Å². The lowest BCUT2D eigenvalue weighted by molar-refractivity contribution is -0.000288. The van der Waals surface area contributed by atoms with E-state index in [1.165, 1.54) is 0 Å². The molecule has 1 rings (SSSR count). The molecular formula is C14H24O4. The molecule has 18 heavy (non-hydrogen) atoms. The number of aliphatic hydroxyl groups excluding tert-OH is 3. The molecule has 4 heteroatoms. The highest BCUT2D eigenvalue weighted by molar-refractivity contribution is 5.20. The lowest BCUT2D eigenvalue weighted by Crippen LogP contribution is -2.08. The Labute approximate surface area is 109 Å². The van der Waals surface area contributed by atoms with E-state index in [0.717, 1.165) is 25.7 Å². The Hall–Kier alpha value is -1.10. The number of aliphatic hydroxyl groups is 3. The summed E-state index contributed by atoms with van der Waals surface area (Å²) in [4.78, 5) is 0. The van der Waals surface area contributed by atoms with Crippen molar-refractivity contribution in [1.29, 1.82) is 0 Å². The predicted octanol–water partition coefficient (Wildman–Crippen LogP) is 1.94. The molecule has 0 spiro atoms. The Morgan fingerprint density at radius 1 is 0.944 bits per heavy atom. The Bertz CT molecular complexity index is 256. The molecule has 1 aromatic carbocycles. The average molecular weight is 256 g/mol. The van der Waals surface area contributed by atoms with E-state index in [2.05, 4.69) is 0 Å². The van der Waals surface area contributed by atoms with E-state index in [1.807, 2.05) is 18.2 Å². The van der Waals surface area contributed by atoms with Gasteiger partial charge in [-0.15, -0.1) is 0 Å². The number of benzene rings is 1. The van der Waals surface area contributed by atoms with Crippen LogP contribution in [0.4, 0.5) is 0 Å². The van der Waals surface area contributed by atoms with Crippen molar-refractivity contribution in [3.63, 3.8) is 0 Å². The summed E-state index contributed by atoms with van der Waals surface area (Å²) in [7, 11) is 0. The van der Waals surface area contributed by atoms with Gasteiger partial charge in [-0.25, -0.2) is 0 Å². The minimum absolute atomic E-state index is 0.283. The highest BCUT2D eigenvalue weighted by Gasteiger charge is 1.94. The topological polar surface area (TPSA) is 69.9 Å². The number of para-hydroxylation sites is 1. The second-order valence-electron chi connectivity index (χ2n) is 3.89. The molecule has 4 nitrogen and oxygen atoms in total. The zero-order valence-electron chi connectivity index (χ0n) is 11.0. The van der Waals surface area contributed by atoms with Crippen LogP contribution in [0.1, 0.15) is 32.6 Å². The fourth-order valence-corrected chi connectivity index (χ4v) is 1.27. The van der Waals surface area contributed by atoms with Crippen LogP contribution >= 0.6 is 0 Å². The van der Waals surface area contributed by atoms with E-state index in [4.69, 9.17) is 20.1 Å². The number of ether oxygens (including phenoxy) is 1. The van der Waals surface area contributed by atoms with Gasteiger partial charge in [-0.3, -0.25) is 0 Å². The minimum atomic E-state index is -0.734. The molecule has 1 unspecified atom stereocenters. The van der Waals surface area contributed by atoms with Crippen molar-refractivity contribution in [2.75, 3.05) is 13.2 Å². The van der Waals surface area contributed by atoms with Crippen LogP contribution in [0.15, 0.2) is 30.3 Å². The summed E-state index contributed by atoms with van der Waals surface area (Å²) in [5, 5.41) is 25.4. The van der Waals surface area contributed by atoms with Crippen LogP contribution in [-0.4, -0.2) is 34.8 Å². The minimum Gasteiger partial charge on any atom is -0.465 e. The van der Waals surface area contributed by atoms with Gasteiger partial charge in [0.1, 0.15) is 5.75 Å². The first-order valence-electron chi connectivity index (χ1n) is 6.32. The summed E-state index contributed by atoms with van der Waals surface area (Å²) in [5.74, 6) is 0.692. The number of hydrogen-bond acceptors (Lipinski definition) is 4. The van der Waals surface area contributed by atoms with Gasteiger partial charge in [0.25, 0.3) is 0 Å². The molecule has 0 aliphatic rings. The molecule has 0 saturated heterocycles. The van der Waals surface area contributed by atoms with E-state index < -0.39 is 6.29 Å². The monoisotopic (exact) mass is 256 g/mol. The maximum atomic E-state index is 8.78. The first kappa shape index (κ1) is 16.9. The van der Waals surface area contributed by atoms with Crippen LogP contribution in [0.25, 0.3) is 0 Å². The lowest BCUT2D eigenvalue weighted by atomic mass is 10.2. The third-order valence-electron chi connectivity index (χ3n) is 2.12. The van der Waals surface area contributed by atoms with Crippen LogP contribution in [0, 0.1) is 0 Å². The normalized spacial score (nSPS) is 11.3. The van der Waals surface area contributed by atoms with Gasteiger partial charge >= 0.3 is 0 Å². The van der Waals surface area contributed by atoms with Gasteiger partial charge in [0.15, 0.2) is 6.29 Å². The van der Waals surface area contributed by atoms with Crippen molar-refractivity contribution in [2.24, 2.45) is 0 Å². The number of hydrogen-bond donors (Lipinski definition) is 3. The van der Waals surface area contributed by atoms with Crippen molar-refractivity contribution < 1.29 is 20.1 Å². The van der Waals surface area contributed by atoms with Crippen LogP contribution in [0.2, 0.25) is 0 Å². The zero-order chi connectivity index (χ0) is 13.6. The third-order valence-corrected chi connectivity index (χ3v) is 2.12. The Morgan fingerprint density at radius 2 is 1.44 bits per heavy atom. The molecule has 1 atom stereocenters. The lowest BCUT2D eigenvalue weighted by Gasteiger charge is -2.06. The highest BCUT2D eigenvalue weighted by Crippen LogP contribution is 2.09. The van der Waals surface area contributed by atoms with Gasteiger partial charge in [0, 0.05) is 13.2 Å². The SMILES string of the molecule is CC(O)Oc1ccccc1.OCCCCCCO. The van der Waals surface area contributed by atoms with E-state index in [1.54, 1.807) is 19.1 Å². The zero-order valence-corrected chi connectivity index (χ0v) is 11.0. The molecule has 0 saturated carbocycles. The van der Waals surface area contributed by atoms with E-state index in [9.17, 15) is 0 Å². The second kappa shape index (κ2) is 12.4. The molecular weight excluding hydrogens is 232 g/mol. The number of unbranched alkanes of at least 4 members (excludes halogenated alkanes) is 3. The van der Waals surface area contributed by atoms with Crippen LogP contribution in [0.5, 0.6) is 5.75 Å². The molecule has 0 aliphatic carbocycles. The van der Waals surface area contributed by atoms with Crippen molar-refractivity contribution in [2.45, 2.75) is 38.9 Å². The molecule has 0 radical (unpaired) electrons. The fraction of sp³-hybridized carbons (Fsp3) is 0.571. The standard InChI is InChI=1S/C8H10O2.C6H14O2/c1-7(9)10-8-5-3-2-4-6-8;7-5-3-1-2-4-6-8/h2-7,9H,1H3;7-8H,1-6H2. The van der Waals surface area contributed by atoms with E-state index >= 15 is 0 Å². The summed E-state index contributed by atoms with van der Waals surface area (Å²) < 4.78 is 4.97. The third kappa shape index (κ3) is 11.4. The van der Waals surface area contributed by atoms with E-state index in [0.29, 0.717) is 5.75 Å². The number of rotatable bonds is 7. The van der Waals surface area contributed by atoms with Crippen LogP contribution < -0.4 is 4.74 Å². The molecule has 0 fully saturated rings. The maximum Gasteiger partial charge on any atom is 0.194 e. The molecule has 0 amide bonds. The van der Waals surface area contributed by atoms with Gasteiger partial charge in [0.2, 0.25) is 0 Å². The quantitative estimate of drug-likeness (QED) is 0.515. The van der Waals surface area contributed by atoms with Crippen molar-refractivity contribution >= 4 is 0 Å². The van der Waals surface area contributed by atoms with Gasteiger partial charge in [-0.2, -0.15) is 0 Å². The average Bonchev–Trinajstić information content (AvgIpc) is 2.36. The van der Waals surface area contributed by atoms with Gasteiger partial charge < -0.3 is 20.1 Å². The summed E-state index contributed by atoms with van der Waals surface area (Å²) in [6, 6.07) is 9.21. The molecule has 0 heterocycles. The molecule has 3 N–H and O–H groups in total. The summed E-state index contributed by atoms with van der Waals surface area (Å²) in [6.07, 6.45) is 3.09. The van der Waals surface area contributed by atoms with Crippen LogP contribution in [-0.2, 0) is 0 Å². The molecule has 0 aromatic heterocycles. The first-order chi connectivity index (χ1) is 8.70. The summed E-state index contributed by atoms with van der Waals surface area (Å²) in [6.45, 7) is 2.14.